The normalized spacial score (nSPS) is 9.67. The third kappa shape index (κ3) is 7.27. The fraction of sp³-hybridized carbons (Fsp3) is 0.174. The Hall–Kier alpha value is -3.87. The van der Waals surface area contributed by atoms with Crippen molar-refractivity contribution in [2.75, 3.05) is 0 Å². The first-order valence-corrected chi connectivity index (χ1v) is 9.45. The lowest BCUT2D eigenvalue weighted by molar-refractivity contribution is -0.384. The molecule has 0 aromatic heterocycles. The van der Waals surface area contributed by atoms with E-state index in [4.69, 9.17) is 14.2 Å². The number of carbonyl (C=O) groups excluding carboxylic acids is 1. The Kier molecular flexibility index (Phi) is 8.86. The van der Waals surface area contributed by atoms with Crippen LogP contribution in [0.15, 0.2) is 78.9 Å². The van der Waals surface area contributed by atoms with Crippen LogP contribution >= 0.6 is 0 Å². The molecule has 0 atom stereocenters. The van der Waals surface area contributed by atoms with E-state index in [1.807, 2.05) is 44.2 Å². The summed E-state index contributed by atoms with van der Waals surface area (Å²) in [7, 11) is 0. The lowest BCUT2D eigenvalue weighted by Gasteiger charge is -2.08. The number of nitro benzene ring substituents is 1. The maximum Gasteiger partial charge on any atom is 0.514 e. The molecule has 7 heteroatoms. The predicted molar refractivity (Wildman–Crippen MR) is 112 cm³/mol. The Balaban J connectivity index is 0.00000155. The van der Waals surface area contributed by atoms with Crippen LogP contribution in [0.4, 0.5) is 10.5 Å². The van der Waals surface area contributed by atoms with Gasteiger partial charge in [0.2, 0.25) is 0 Å². The van der Waals surface area contributed by atoms with E-state index >= 15 is 0 Å². The number of non-ortho nitro benzene ring substituents is 1. The van der Waals surface area contributed by atoms with Crippen LogP contribution < -0.4 is 9.47 Å². The summed E-state index contributed by atoms with van der Waals surface area (Å²) in [5.41, 5.74) is 1.76. The molecule has 0 amide bonds. The van der Waals surface area contributed by atoms with Gasteiger partial charge < -0.3 is 14.2 Å². The molecular weight excluding hydrogens is 386 g/mol. The van der Waals surface area contributed by atoms with Crippen molar-refractivity contribution < 1.29 is 23.9 Å². The Morgan fingerprint density at radius 3 is 1.97 bits per heavy atom. The Bertz CT molecular complexity index is 924. The van der Waals surface area contributed by atoms with Crippen LogP contribution in [0.2, 0.25) is 0 Å². The molecule has 0 aliphatic heterocycles. The fourth-order valence-electron chi connectivity index (χ4n) is 2.33. The summed E-state index contributed by atoms with van der Waals surface area (Å²) >= 11 is 0. The summed E-state index contributed by atoms with van der Waals surface area (Å²) in [6.45, 7) is 4.50. The van der Waals surface area contributed by atoms with Crippen molar-refractivity contribution in [3.05, 3.63) is 100 Å². The quantitative estimate of drug-likeness (QED) is 0.208. The average Bonchev–Trinajstić information content (AvgIpc) is 2.79. The van der Waals surface area contributed by atoms with Crippen molar-refractivity contribution in [1.29, 1.82) is 0 Å². The number of ether oxygens (including phenoxy) is 3. The van der Waals surface area contributed by atoms with E-state index in [1.54, 1.807) is 24.3 Å². The lowest BCUT2D eigenvalue weighted by Crippen LogP contribution is -2.10. The largest absolute Gasteiger partial charge is 0.514 e. The van der Waals surface area contributed by atoms with Gasteiger partial charge in [-0.05, 0) is 35.4 Å². The third-order valence-corrected chi connectivity index (χ3v) is 3.78. The zero-order valence-electron chi connectivity index (χ0n) is 16.8. The highest BCUT2D eigenvalue weighted by Crippen LogP contribution is 2.18. The second-order valence-electron chi connectivity index (χ2n) is 5.81. The van der Waals surface area contributed by atoms with E-state index in [-0.39, 0.29) is 18.0 Å². The molecule has 0 saturated heterocycles. The molecule has 0 saturated carbocycles. The number of carbonyl (C=O) groups is 1. The van der Waals surface area contributed by atoms with Crippen molar-refractivity contribution in [1.82, 2.24) is 0 Å². The third-order valence-electron chi connectivity index (χ3n) is 3.78. The number of hydrogen-bond donors (Lipinski definition) is 0. The molecule has 0 unspecified atom stereocenters. The summed E-state index contributed by atoms with van der Waals surface area (Å²) in [5, 5.41) is 10.6. The van der Waals surface area contributed by atoms with Gasteiger partial charge in [0.1, 0.15) is 24.7 Å². The highest BCUT2D eigenvalue weighted by Gasteiger charge is 2.09. The average molecular weight is 409 g/mol. The van der Waals surface area contributed by atoms with Gasteiger partial charge in [-0.2, -0.15) is 0 Å². The molecule has 0 aliphatic carbocycles. The topological polar surface area (TPSA) is 87.9 Å². The SMILES string of the molecule is CC.O=C(OCc1ccc(OCc2ccccc2)cc1)Oc1ccc([N+](=O)[O-])cc1. The van der Waals surface area contributed by atoms with Gasteiger partial charge in [-0.3, -0.25) is 10.1 Å². The summed E-state index contributed by atoms with van der Waals surface area (Å²) in [6.07, 6.45) is -0.891. The molecule has 156 valence electrons. The number of hydrogen-bond acceptors (Lipinski definition) is 6. The van der Waals surface area contributed by atoms with E-state index in [1.165, 1.54) is 24.3 Å². The maximum atomic E-state index is 11.7. The van der Waals surface area contributed by atoms with Gasteiger partial charge >= 0.3 is 6.16 Å². The molecule has 30 heavy (non-hydrogen) atoms. The van der Waals surface area contributed by atoms with Gasteiger partial charge in [0.25, 0.3) is 5.69 Å². The molecule has 3 aromatic carbocycles. The molecule has 0 bridgehead atoms. The van der Waals surface area contributed by atoms with Gasteiger partial charge in [-0.15, -0.1) is 0 Å². The smallest absolute Gasteiger partial charge is 0.489 e. The second-order valence-corrected chi connectivity index (χ2v) is 5.81. The van der Waals surface area contributed by atoms with Crippen molar-refractivity contribution >= 4 is 11.8 Å². The Morgan fingerprint density at radius 1 is 0.800 bits per heavy atom. The standard InChI is InChI=1S/C21H17NO6.C2H6/c23-21(28-20-12-8-18(9-13-20)22(24)25)27-15-17-6-10-19(11-7-17)26-14-16-4-2-1-3-5-16;1-2/h1-13H,14-15H2;1-2H3. The number of benzene rings is 3. The summed E-state index contributed by atoms with van der Waals surface area (Å²) in [6, 6.07) is 22.2. The summed E-state index contributed by atoms with van der Waals surface area (Å²) < 4.78 is 15.7. The van der Waals surface area contributed by atoms with Crippen molar-refractivity contribution in [3.63, 3.8) is 0 Å². The Morgan fingerprint density at radius 2 is 1.37 bits per heavy atom. The molecule has 0 radical (unpaired) electrons. The minimum absolute atomic E-state index is 0.0325. The van der Waals surface area contributed by atoms with Gasteiger partial charge in [0.15, 0.2) is 0 Å². The van der Waals surface area contributed by atoms with Crippen LogP contribution in [0.3, 0.4) is 0 Å². The lowest BCUT2D eigenvalue weighted by atomic mass is 10.2. The van der Waals surface area contributed by atoms with Crippen molar-refractivity contribution in [2.45, 2.75) is 27.1 Å². The van der Waals surface area contributed by atoms with E-state index in [2.05, 4.69) is 0 Å². The fourth-order valence-corrected chi connectivity index (χ4v) is 2.33. The number of nitro groups is 1. The summed E-state index contributed by atoms with van der Waals surface area (Å²) in [5.74, 6) is 0.876. The Labute approximate surface area is 175 Å². The van der Waals surface area contributed by atoms with Crippen LogP contribution in [-0.4, -0.2) is 11.1 Å². The van der Waals surface area contributed by atoms with E-state index < -0.39 is 11.1 Å². The zero-order valence-corrected chi connectivity index (χ0v) is 16.8. The maximum absolute atomic E-state index is 11.7. The van der Waals surface area contributed by atoms with E-state index in [0.717, 1.165) is 11.1 Å². The van der Waals surface area contributed by atoms with Crippen molar-refractivity contribution in [2.24, 2.45) is 0 Å². The van der Waals surface area contributed by atoms with Crippen LogP contribution in [0.1, 0.15) is 25.0 Å². The molecule has 7 nitrogen and oxygen atoms in total. The molecule has 0 fully saturated rings. The summed E-state index contributed by atoms with van der Waals surface area (Å²) in [4.78, 5) is 21.8. The highest BCUT2D eigenvalue weighted by molar-refractivity contribution is 5.64. The number of rotatable bonds is 7. The van der Waals surface area contributed by atoms with E-state index in [9.17, 15) is 14.9 Å². The van der Waals surface area contributed by atoms with Gasteiger partial charge in [0, 0.05) is 12.1 Å². The monoisotopic (exact) mass is 409 g/mol. The molecule has 0 spiro atoms. The second kappa shape index (κ2) is 11.9. The van der Waals surface area contributed by atoms with E-state index in [0.29, 0.717) is 12.4 Å². The van der Waals surface area contributed by atoms with Gasteiger partial charge in [-0.1, -0.05) is 56.3 Å². The van der Waals surface area contributed by atoms with Crippen LogP contribution in [0.25, 0.3) is 0 Å². The van der Waals surface area contributed by atoms with Gasteiger partial charge in [-0.25, -0.2) is 4.79 Å². The van der Waals surface area contributed by atoms with Gasteiger partial charge in [0.05, 0.1) is 4.92 Å². The first kappa shape index (κ1) is 22.4. The molecule has 3 aromatic rings. The molecule has 0 N–H and O–H groups in total. The first-order chi connectivity index (χ1) is 14.6. The van der Waals surface area contributed by atoms with Crippen LogP contribution in [-0.2, 0) is 18.0 Å². The minimum Gasteiger partial charge on any atom is -0.489 e. The van der Waals surface area contributed by atoms with Crippen molar-refractivity contribution in [3.8, 4) is 11.5 Å². The molecule has 0 aliphatic rings. The highest BCUT2D eigenvalue weighted by atomic mass is 16.7. The van der Waals surface area contributed by atoms with Crippen LogP contribution in [0, 0.1) is 10.1 Å². The molecular formula is C23H23NO6. The molecule has 0 heterocycles. The zero-order chi connectivity index (χ0) is 21.8. The number of nitrogens with zero attached hydrogens (tertiary/aromatic N) is 1. The predicted octanol–water partition coefficient (Wildman–Crippen LogP) is 5.92. The van der Waals surface area contributed by atoms with Crippen LogP contribution in [0.5, 0.6) is 11.5 Å². The molecule has 3 rings (SSSR count). The minimum atomic E-state index is -0.891. The first-order valence-electron chi connectivity index (χ1n) is 9.45.